The average Bonchev–Trinajstić information content (AvgIpc) is 3.48. The molecule has 4 unspecified atom stereocenters. The highest BCUT2D eigenvalue weighted by Gasteiger charge is 2.50. The molecule has 6 aliphatic rings. The molecule has 3 N–H and O–H groups in total. The third kappa shape index (κ3) is 4.22. The molecule has 3 fully saturated rings. The number of aliphatic imine (C=N–C) groups is 1. The number of aryl methyl sites for hydroxylation is 1. The number of nitrogens with two attached hydrogens (primary N) is 1. The molecule has 9 nitrogen and oxygen atoms in total. The third-order valence-corrected chi connectivity index (χ3v) is 9.66. The molecule has 5 heterocycles. The van der Waals surface area contributed by atoms with Gasteiger partial charge in [0.2, 0.25) is 0 Å². The monoisotopic (exact) mass is 536 g/mol. The molecule has 10 heteroatoms. The van der Waals surface area contributed by atoms with Gasteiger partial charge in [-0.05, 0) is 56.7 Å². The molecule has 208 valence electrons. The molecular weight excluding hydrogens is 499 g/mol. The van der Waals surface area contributed by atoms with E-state index in [1.54, 1.807) is 0 Å². The minimum Gasteiger partial charge on any atom is -0.463 e. The maximum Gasteiger partial charge on any atom is 0.290 e. The van der Waals surface area contributed by atoms with Gasteiger partial charge in [-0.3, -0.25) is 9.80 Å². The van der Waals surface area contributed by atoms with Crippen LogP contribution in [0.3, 0.4) is 0 Å². The average molecular weight is 537 g/mol. The van der Waals surface area contributed by atoms with Crippen molar-refractivity contribution in [3.8, 4) is 6.07 Å². The minimum atomic E-state index is -0.800. The Bertz CT molecular complexity index is 1260. The van der Waals surface area contributed by atoms with Crippen LogP contribution in [0.25, 0.3) is 0 Å². The molecule has 4 atom stereocenters. The Morgan fingerprint density at radius 1 is 1.26 bits per heavy atom. The van der Waals surface area contributed by atoms with Crippen LogP contribution in [0.1, 0.15) is 61.6 Å². The van der Waals surface area contributed by atoms with E-state index in [9.17, 15) is 9.65 Å². The van der Waals surface area contributed by atoms with Gasteiger partial charge >= 0.3 is 0 Å². The van der Waals surface area contributed by atoms with Crippen molar-refractivity contribution in [1.82, 2.24) is 15.1 Å². The normalized spacial score (nSPS) is 34.6. The number of nitrogen functional groups attached to an aromatic ring is 1. The summed E-state index contributed by atoms with van der Waals surface area (Å²) in [6.45, 7) is 4.38. The second kappa shape index (κ2) is 9.73. The summed E-state index contributed by atoms with van der Waals surface area (Å²) < 4.78 is 33.3. The Hall–Kier alpha value is -2.71. The number of nitriles is 1. The van der Waals surface area contributed by atoms with E-state index in [2.05, 4.69) is 21.2 Å². The van der Waals surface area contributed by atoms with Crippen molar-refractivity contribution in [2.24, 2.45) is 4.99 Å². The summed E-state index contributed by atoms with van der Waals surface area (Å²) >= 11 is 0. The number of hydrogen-bond acceptors (Lipinski definition) is 9. The zero-order valence-corrected chi connectivity index (χ0v) is 22.4. The van der Waals surface area contributed by atoms with Crippen molar-refractivity contribution in [2.75, 3.05) is 51.9 Å². The summed E-state index contributed by atoms with van der Waals surface area (Å²) in [5, 5.41) is 13.6. The molecule has 3 saturated heterocycles. The zero-order chi connectivity index (χ0) is 26.6. The quantitative estimate of drug-likeness (QED) is 0.568. The minimum absolute atomic E-state index is 0.247. The highest BCUT2D eigenvalue weighted by molar-refractivity contribution is 5.78. The number of nitrogens with one attached hydrogen (secondary N) is 1. The molecule has 0 saturated carbocycles. The van der Waals surface area contributed by atoms with Crippen molar-refractivity contribution in [3.05, 3.63) is 40.1 Å². The molecule has 0 radical (unpaired) electrons. The van der Waals surface area contributed by atoms with Crippen LogP contribution in [0.2, 0.25) is 0 Å². The van der Waals surface area contributed by atoms with Gasteiger partial charge in [0, 0.05) is 55.1 Å². The van der Waals surface area contributed by atoms with Crippen LogP contribution < -0.4 is 11.1 Å². The number of alkyl halides is 1. The highest BCUT2D eigenvalue weighted by Crippen LogP contribution is 2.49. The lowest BCUT2D eigenvalue weighted by Crippen LogP contribution is -2.52. The number of nitrogens with zero attached hydrogens (tertiary/aromatic N) is 4. The lowest BCUT2D eigenvalue weighted by Gasteiger charge is -2.47. The van der Waals surface area contributed by atoms with Crippen molar-refractivity contribution < 1.29 is 18.6 Å². The molecule has 0 aromatic heterocycles. The van der Waals surface area contributed by atoms with Crippen molar-refractivity contribution in [2.45, 2.75) is 74.8 Å². The number of hydrogen-bond donors (Lipinski definition) is 2. The van der Waals surface area contributed by atoms with E-state index in [4.69, 9.17) is 24.9 Å². The van der Waals surface area contributed by atoms with Crippen LogP contribution in [-0.2, 0) is 26.2 Å². The predicted molar refractivity (Wildman–Crippen MR) is 143 cm³/mol. The first-order valence-electron chi connectivity index (χ1n) is 14.4. The Balaban J connectivity index is 1.20. The topological polar surface area (TPSA) is 108 Å². The fourth-order valence-corrected chi connectivity index (χ4v) is 7.82. The Labute approximate surface area is 228 Å². The Morgan fingerprint density at radius 2 is 2.18 bits per heavy atom. The first-order valence-corrected chi connectivity index (χ1v) is 14.4. The van der Waals surface area contributed by atoms with E-state index in [1.807, 2.05) is 12.1 Å². The maximum absolute atomic E-state index is 14.4. The van der Waals surface area contributed by atoms with E-state index < -0.39 is 11.8 Å². The molecule has 1 spiro atoms. The number of halogens is 1. The number of ether oxygens (including phenoxy) is 3. The first kappa shape index (κ1) is 25.3. The summed E-state index contributed by atoms with van der Waals surface area (Å²) in [7, 11) is 0. The van der Waals surface area contributed by atoms with Gasteiger partial charge in [-0.2, -0.15) is 5.26 Å². The fraction of sp³-hybridized carbons (Fsp3) is 0.655. The SMILES string of the molecule is N#Cc1c(N)ccc2c1C1(CCC2)CC2=C(CO1)C(N1CCCOC1)N=C(OCC13CCCN1CC(F)C3)N2. The fourth-order valence-electron chi connectivity index (χ4n) is 7.82. The Morgan fingerprint density at radius 3 is 3.03 bits per heavy atom. The molecule has 1 aliphatic carbocycles. The highest BCUT2D eigenvalue weighted by atomic mass is 19.1. The van der Waals surface area contributed by atoms with Gasteiger partial charge < -0.3 is 25.3 Å². The number of fused-ring (bicyclic) bond motifs is 3. The van der Waals surface area contributed by atoms with Gasteiger partial charge in [0.1, 0.15) is 37.3 Å². The summed E-state index contributed by atoms with van der Waals surface area (Å²) in [4.78, 5) is 9.50. The zero-order valence-electron chi connectivity index (χ0n) is 22.4. The lowest BCUT2D eigenvalue weighted by molar-refractivity contribution is -0.0756. The van der Waals surface area contributed by atoms with Gasteiger partial charge in [0.15, 0.2) is 0 Å². The Kier molecular flexibility index (Phi) is 6.31. The third-order valence-electron chi connectivity index (χ3n) is 9.66. The van der Waals surface area contributed by atoms with E-state index >= 15 is 0 Å². The first-order chi connectivity index (χ1) is 19.0. The smallest absolute Gasteiger partial charge is 0.290 e. The largest absolute Gasteiger partial charge is 0.463 e. The molecule has 7 rings (SSSR count). The van der Waals surface area contributed by atoms with E-state index in [0.717, 1.165) is 80.6 Å². The van der Waals surface area contributed by atoms with Crippen LogP contribution >= 0.6 is 0 Å². The summed E-state index contributed by atoms with van der Waals surface area (Å²) in [6.07, 6.45) is 5.73. The number of anilines is 1. The number of rotatable bonds is 3. The van der Waals surface area contributed by atoms with Gasteiger partial charge in [-0.25, -0.2) is 9.38 Å². The molecule has 1 aromatic carbocycles. The van der Waals surface area contributed by atoms with Crippen molar-refractivity contribution >= 4 is 11.7 Å². The van der Waals surface area contributed by atoms with Crippen LogP contribution in [0.15, 0.2) is 28.4 Å². The standard InChI is InChI=1S/C29H37FN6O3/c30-20-12-28(7-2-10-36(28)15-20)17-38-27-33-24-13-29(8-1-4-19-5-6-23(32)21(14-31)25(19)29)39-16-22(24)26(34-27)35-9-3-11-37-18-35/h5-6,20,26H,1-4,7-13,15-18,32H2,(H,33,34). The molecule has 0 bridgehead atoms. The number of amidine groups is 1. The summed E-state index contributed by atoms with van der Waals surface area (Å²) in [5.41, 5.74) is 10.6. The van der Waals surface area contributed by atoms with Crippen LogP contribution in [0, 0.1) is 11.3 Å². The van der Waals surface area contributed by atoms with Gasteiger partial charge in [0.25, 0.3) is 6.02 Å². The van der Waals surface area contributed by atoms with Crippen LogP contribution in [0.5, 0.6) is 0 Å². The van der Waals surface area contributed by atoms with E-state index in [1.165, 1.54) is 0 Å². The second-order valence-corrected chi connectivity index (χ2v) is 12.0. The summed E-state index contributed by atoms with van der Waals surface area (Å²) in [5.74, 6) is 0. The molecular formula is C29H37FN6O3. The molecule has 39 heavy (non-hydrogen) atoms. The van der Waals surface area contributed by atoms with Crippen LogP contribution in [-0.4, -0.2) is 79.9 Å². The second-order valence-electron chi connectivity index (χ2n) is 12.0. The van der Waals surface area contributed by atoms with Gasteiger partial charge in [0.05, 0.1) is 17.7 Å². The van der Waals surface area contributed by atoms with Crippen molar-refractivity contribution in [1.29, 1.82) is 5.26 Å². The van der Waals surface area contributed by atoms with Crippen molar-refractivity contribution in [3.63, 3.8) is 0 Å². The van der Waals surface area contributed by atoms with E-state index in [0.29, 0.717) is 56.6 Å². The van der Waals surface area contributed by atoms with Gasteiger partial charge in [-0.1, -0.05) is 6.07 Å². The maximum atomic E-state index is 14.4. The van der Waals surface area contributed by atoms with Crippen LogP contribution in [0.4, 0.5) is 10.1 Å². The number of benzene rings is 1. The van der Waals surface area contributed by atoms with E-state index in [-0.39, 0.29) is 11.7 Å². The molecule has 5 aliphatic heterocycles. The summed E-state index contributed by atoms with van der Waals surface area (Å²) in [6, 6.07) is 6.73. The molecule has 1 aromatic rings. The van der Waals surface area contributed by atoms with Gasteiger partial charge in [-0.15, -0.1) is 0 Å². The molecule has 0 amide bonds. The predicted octanol–water partition coefficient (Wildman–Crippen LogP) is 2.90. The lowest BCUT2D eigenvalue weighted by atomic mass is 9.72.